The number of nitrogens with two attached hydrogens (primary N) is 1. The van der Waals surface area contributed by atoms with E-state index in [4.69, 9.17) is 10.5 Å². The third-order valence-corrected chi connectivity index (χ3v) is 2.85. The highest BCUT2D eigenvalue weighted by Gasteiger charge is 2.26. The van der Waals surface area contributed by atoms with Crippen LogP contribution in [0.5, 0.6) is 11.6 Å². The van der Waals surface area contributed by atoms with Gasteiger partial charge in [-0.3, -0.25) is 0 Å². The van der Waals surface area contributed by atoms with Crippen molar-refractivity contribution in [2.24, 2.45) is 5.73 Å². The largest absolute Gasteiger partial charge is 0.436 e. The quantitative estimate of drug-likeness (QED) is 0.887. The highest BCUT2D eigenvalue weighted by atomic mass is 16.5. The molecule has 0 aliphatic heterocycles. The molecule has 0 aromatic carbocycles. The molecule has 0 bridgehead atoms. The van der Waals surface area contributed by atoms with Crippen molar-refractivity contribution in [1.82, 2.24) is 15.0 Å². The van der Waals surface area contributed by atoms with Crippen LogP contribution in [0.3, 0.4) is 0 Å². The summed E-state index contributed by atoms with van der Waals surface area (Å²) in [5.74, 6) is 2.59. The summed E-state index contributed by atoms with van der Waals surface area (Å²) in [7, 11) is 0. The third-order valence-electron chi connectivity index (χ3n) is 2.85. The van der Waals surface area contributed by atoms with Crippen molar-refractivity contribution in [3.63, 3.8) is 0 Å². The maximum atomic E-state index is 5.56. The predicted octanol–water partition coefficient (Wildman–Crippen LogP) is 2.00. The van der Waals surface area contributed by atoms with Gasteiger partial charge in [0.1, 0.15) is 5.82 Å². The van der Waals surface area contributed by atoms with Crippen molar-refractivity contribution in [2.45, 2.75) is 25.3 Å². The SMILES string of the molecule is NCc1ccc(Oc2cnc(C3CC3)nc2)nc1. The van der Waals surface area contributed by atoms with Crippen LogP contribution in [-0.2, 0) is 6.54 Å². The zero-order valence-electron chi connectivity index (χ0n) is 9.91. The van der Waals surface area contributed by atoms with Gasteiger partial charge in [0.25, 0.3) is 0 Å². The molecule has 5 heteroatoms. The average Bonchev–Trinajstić information content (AvgIpc) is 3.25. The van der Waals surface area contributed by atoms with Crippen LogP contribution in [0.4, 0.5) is 0 Å². The van der Waals surface area contributed by atoms with Crippen LogP contribution in [0.1, 0.15) is 30.1 Å². The van der Waals surface area contributed by atoms with Gasteiger partial charge in [-0.25, -0.2) is 15.0 Å². The minimum atomic E-state index is 0.479. The number of hydrogen-bond acceptors (Lipinski definition) is 5. The molecule has 1 fully saturated rings. The van der Waals surface area contributed by atoms with Gasteiger partial charge in [-0.15, -0.1) is 0 Å². The molecule has 5 nitrogen and oxygen atoms in total. The lowest BCUT2D eigenvalue weighted by Gasteiger charge is -2.05. The predicted molar refractivity (Wildman–Crippen MR) is 66.2 cm³/mol. The van der Waals surface area contributed by atoms with Crippen molar-refractivity contribution in [1.29, 1.82) is 0 Å². The molecule has 0 radical (unpaired) electrons. The Morgan fingerprint density at radius 2 is 1.89 bits per heavy atom. The molecule has 0 spiro atoms. The van der Waals surface area contributed by atoms with E-state index in [0.29, 0.717) is 24.1 Å². The van der Waals surface area contributed by atoms with Crippen molar-refractivity contribution >= 4 is 0 Å². The Morgan fingerprint density at radius 3 is 2.44 bits per heavy atom. The van der Waals surface area contributed by atoms with Gasteiger partial charge < -0.3 is 10.5 Å². The fourth-order valence-corrected chi connectivity index (χ4v) is 1.64. The smallest absolute Gasteiger partial charge is 0.219 e. The lowest BCUT2D eigenvalue weighted by molar-refractivity contribution is 0.457. The average molecular weight is 242 g/mol. The molecule has 2 N–H and O–H groups in total. The van der Waals surface area contributed by atoms with Crippen molar-refractivity contribution in [3.05, 3.63) is 42.1 Å². The Balaban J connectivity index is 1.70. The Morgan fingerprint density at radius 1 is 1.11 bits per heavy atom. The van der Waals surface area contributed by atoms with E-state index in [2.05, 4.69) is 15.0 Å². The topological polar surface area (TPSA) is 73.9 Å². The minimum Gasteiger partial charge on any atom is -0.436 e. The minimum absolute atomic E-state index is 0.479. The number of rotatable bonds is 4. The molecule has 2 aromatic heterocycles. The summed E-state index contributed by atoms with van der Waals surface area (Å²) >= 11 is 0. The van der Waals surface area contributed by atoms with E-state index in [1.54, 1.807) is 24.7 Å². The molecular formula is C13H14N4O. The first-order valence-corrected chi connectivity index (χ1v) is 6.00. The maximum Gasteiger partial charge on any atom is 0.219 e. The number of aromatic nitrogens is 3. The molecule has 0 amide bonds. The molecule has 0 atom stereocenters. The fraction of sp³-hybridized carbons (Fsp3) is 0.308. The molecule has 92 valence electrons. The van der Waals surface area contributed by atoms with Crippen LogP contribution >= 0.6 is 0 Å². The lowest BCUT2D eigenvalue weighted by atomic mass is 10.3. The maximum absolute atomic E-state index is 5.56. The van der Waals surface area contributed by atoms with Gasteiger partial charge in [-0.05, 0) is 18.4 Å². The van der Waals surface area contributed by atoms with Gasteiger partial charge in [0.15, 0.2) is 5.75 Å². The first kappa shape index (κ1) is 11.1. The van der Waals surface area contributed by atoms with Gasteiger partial charge in [-0.2, -0.15) is 0 Å². The number of hydrogen-bond donors (Lipinski definition) is 1. The fourth-order valence-electron chi connectivity index (χ4n) is 1.64. The van der Waals surface area contributed by atoms with E-state index in [0.717, 1.165) is 11.4 Å². The van der Waals surface area contributed by atoms with E-state index < -0.39 is 0 Å². The van der Waals surface area contributed by atoms with Crippen LogP contribution in [0.2, 0.25) is 0 Å². The van der Waals surface area contributed by atoms with Crippen LogP contribution in [-0.4, -0.2) is 15.0 Å². The highest BCUT2D eigenvalue weighted by molar-refractivity contribution is 5.24. The summed E-state index contributed by atoms with van der Waals surface area (Å²) in [6.45, 7) is 0.479. The zero-order valence-corrected chi connectivity index (χ0v) is 9.91. The van der Waals surface area contributed by atoms with Crippen LogP contribution < -0.4 is 10.5 Å². The van der Waals surface area contributed by atoms with Crippen molar-refractivity contribution in [3.8, 4) is 11.6 Å². The van der Waals surface area contributed by atoms with E-state index in [9.17, 15) is 0 Å². The van der Waals surface area contributed by atoms with Crippen LogP contribution in [0.25, 0.3) is 0 Å². The molecule has 0 unspecified atom stereocenters. The van der Waals surface area contributed by atoms with Gasteiger partial charge in [0.05, 0.1) is 12.4 Å². The summed E-state index contributed by atoms with van der Waals surface area (Å²) in [6, 6.07) is 3.68. The Kier molecular flexibility index (Phi) is 2.90. The van der Waals surface area contributed by atoms with Crippen molar-refractivity contribution < 1.29 is 4.74 Å². The summed E-state index contributed by atoms with van der Waals surface area (Å²) in [6.07, 6.45) is 7.48. The Labute approximate surface area is 105 Å². The van der Waals surface area contributed by atoms with Crippen molar-refractivity contribution in [2.75, 3.05) is 0 Å². The van der Waals surface area contributed by atoms with E-state index in [1.807, 2.05) is 6.07 Å². The first-order valence-electron chi connectivity index (χ1n) is 6.00. The molecule has 1 aliphatic rings. The zero-order chi connectivity index (χ0) is 12.4. The van der Waals surface area contributed by atoms with E-state index >= 15 is 0 Å². The normalized spacial score (nSPS) is 14.5. The number of ether oxygens (including phenoxy) is 1. The highest BCUT2D eigenvalue weighted by Crippen LogP contribution is 2.37. The Hall–Kier alpha value is -2.01. The van der Waals surface area contributed by atoms with Gasteiger partial charge in [0, 0.05) is 24.7 Å². The van der Waals surface area contributed by atoms with E-state index in [-0.39, 0.29) is 0 Å². The lowest BCUT2D eigenvalue weighted by Crippen LogP contribution is -1.98. The second-order valence-corrected chi connectivity index (χ2v) is 4.36. The molecule has 3 rings (SSSR count). The van der Waals surface area contributed by atoms with Gasteiger partial charge in [0.2, 0.25) is 5.88 Å². The second kappa shape index (κ2) is 4.70. The molecule has 2 heterocycles. The monoisotopic (exact) mass is 242 g/mol. The molecule has 2 aromatic rings. The second-order valence-electron chi connectivity index (χ2n) is 4.36. The summed E-state index contributed by atoms with van der Waals surface area (Å²) < 4.78 is 5.56. The van der Waals surface area contributed by atoms with Crippen LogP contribution in [0.15, 0.2) is 30.7 Å². The van der Waals surface area contributed by atoms with Gasteiger partial charge >= 0.3 is 0 Å². The summed E-state index contributed by atoms with van der Waals surface area (Å²) in [4.78, 5) is 12.7. The summed E-state index contributed by atoms with van der Waals surface area (Å²) in [5, 5.41) is 0. The van der Waals surface area contributed by atoms with Crippen LogP contribution in [0, 0.1) is 0 Å². The third kappa shape index (κ3) is 2.46. The number of nitrogens with zero attached hydrogens (tertiary/aromatic N) is 3. The molecule has 18 heavy (non-hydrogen) atoms. The molecular weight excluding hydrogens is 228 g/mol. The van der Waals surface area contributed by atoms with Gasteiger partial charge in [-0.1, -0.05) is 6.07 Å². The standard InChI is InChI=1S/C13H14N4O/c14-5-9-1-4-12(15-6-9)18-11-7-16-13(17-8-11)10-2-3-10/h1,4,6-8,10H,2-3,5,14H2. The molecule has 1 aliphatic carbocycles. The molecule has 1 saturated carbocycles. The Bertz CT molecular complexity index is 520. The van der Waals surface area contributed by atoms with E-state index in [1.165, 1.54) is 12.8 Å². The molecule has 0 saturated heterocycles. The summed E-state index contributed by atoms with van der Waals surface area (Å²) in [5.41, 5.74) is 6.48. The first-order chi connectivity index (χ1) is 8.85. The number of pyridine rings is 1.